The molecule has 1 amide bonds. The summed E-state index contributed by atoms with van der Waals surface area (Å²) in [7, 11) is 0. The van der Waals surface area contributed by atoms with Gasteiger partial charge in [0.2, 0.25) is 0 Å². The lowest BCUT2D eigenvalue weighted by Gasteiger charge is -2.44. The molecule has 2 bridgehead atoms. The summed E-state index contributed by atoms with van der Waals surface area (Å²) in [6.07, 6.45) is 2.39. The summed E-state index contributed by atoms with van der Waals surface area (Å²) in [5.74, 6) is 1.28. The van der Waals surface area contributed by atoms with Crippen molar-refractivity contribution < 1.29 is 9.53 Å². The molecule has 126 valence electrons. The number of piperidine rings is 3. The first-order valence-electron chi connectivity index (χ1n) is 8.28. The number of hydrogen-bond donors (Lipinski definition) is 1. The van der Waals surface area contributed by atoms with Gasteiger partial charge in [-0.15, -0.1) is 5.10 Å². The molecule has 5 rings (SSSR count). The number of amides is 1. The minimum absolute atomic E-state index is 0.00735. The van der Waals surface area contributed by atoms with E-state index in [0.29, 0.717) is 22.4 Å². The molecule has 0 radical (unpaired) electrons. The highest BCUT2D eigenvalue weighted by molar-refractivity contribution is 7.13. The summed E-state index contributed by atoms with van der Waals surface area (Å²) in [5.41, 5.74) is 0.659. The van der Waals surface area contributed by atoms with Gasteiger partial charge < -0.3 is 15.0 Å². The van der Waals surface area contributed by atoms with Crippen molar-refractivity contribution in [3.8, 4) is 10.9 Å². The van der Waals surface area contributed by atoms with Crippen molar-refractivity contribution in [2.24, 2.45) is 5.92 Å². The van der Waals surface area contributed by atoms with Crippen LogP contribution in [0.1, 0.15) is 28.2 Å². The van der Waals surface area contributed by atoms with Crippen LogP contribution in [-0.4, -0.2) is 46.7 Å². The number of aromatic nitrogens is 2. The van der Waals surface area contributed by atoms with E-state index in [1.54, 1.807) is 24.3 Å². The fraction of sp³-hybridized carbons (Fsp3) is 0.471. The molecule has 24 heavy (non-hydrogen) atoms. The maximum absolute atomic E-state index is 12.5. The van der Waals surface area contributed by atoms with E-state index in [0.717, 1.165) is 11.6 Å². The maximum atomic E-state index is 12.5. The minimum Gasteiger partial charge on any atom is -0.430 e. The molecule has 0 spiro atoms. The van der Waals surface area contributed by atoms with Gasteiger partial charge in [-0.05, 0) is 63.0 Å². The van der Waals surface area contributed by atoms with Crippen LogP contribution in [-0.2, 0) is 0 Å². The van der Waals surface area contributed by atoms with Gasteiger partial charge in [0.05, 0.1) is 0 Å². The van der Waals surface area contributed by atoms with Gasteiger partial charge >= 0.3 is 0 Å². The molecule has 1 N–H and O–H groups in total. The number of ether oxygens (including phenoxy) is 1. The zero-order valence-corrected chi connectivity index (χ0v) is 14.4. The normalized spacial score (nSPS) is 25.5. The highest BCUT2D eigenvalue weighted by Gasteiger charge is 2.34. The van der Waals surface area contributed by atoms with Crippen LogP contribution in [0.3, 0.4) is 0 Å². The number of benzene rings is 1. The summed E-state index contributed by atoms with van der Waals surface area (Å²) < 4.78 is 5.63. The summed E-state index contributed by atoms with van der Waals surface area (Å²) in [4.78, 5) is 14.9. The van der Waals surface area contributed by atoms with Crippen LogP contribution in [0.5, 0.6) is 10.9 Å². The fourth-order valence-corrected chi connectivity index (χ4v) is 4.03. The molecule has 6 nitrogen and oxygen atoms in total. The highest BCUT2D eigenvalue weighted by atomic mass is 32.1. The number of nitrogens with one attached hydrogen (secondary N) is 1. The second-order valence-electron chi connectivity index (χ2n) is 6.43. The van der Waals surface area contributed by atoms with Crippen molar-refractivity contribution in [3.05, 3.63) is 34.8 Å². The molecule has 0 saturated carbocycles. The molecule has 1 aromatic heterocycles. The van der Waals surface area contributed by atoms with Crippen LogP contribution in [0, 0.1) is 12.8 Å². The van der Waals surface area contributed by atoms with Gasteiger partial charge in [0.1, 0.15) is 10.8 Å². The fourth-order valence-electron chi connectivity index (χ4n) is 3.48. The summed E-state index contributed by atoms with van der Waals surface area (Å²) in [5, 5.41) is 12.4. The average molecular weight is 344 g/mol. The Morgan fingerprint density at radius 3 is 2.58 bits per heavy atom. The van der Waals surface area contributed by atoms with Crippen molar-refractivity contribution in [2.45, 2.75) is 25.8 Å². The number of carbonyl (C=O) groups excluding carboxylic acids is 1. The Morgan fingerprint density at radius 1 is 1.25 bits per heavy atom. The SMILES string of the molecule is Cc1nnc(Oc2ccc(C(=O)NC3CN4CCC3CC4)cc2)s1. The molecule has 1 aromatic carbocycles. The van der Waals surface area contributed by atoms with E-state index in [9.17, 15) is 4.79 Å². The zero-order chi connectivity index (χ0) is 16.5. The molecular formula is C17H20N4O2S. The van der Waals surface area contributed by atoms with Crippen LogP contribution < -0.4 is 10.1 Å². The molecule has 1 atom stereocenters. The smallest absolute Gasteiger partial charge is 0.299 e. The summed E-state index contributed by atoms with van der Waals surface area (Å²) in [6.45, 7) is 5.21. The first-order valence-corrected chi connectivity index (χ1v) is 9.10. The van der Waals surface area contributed by atoms with Crippen molar-refractivity contribution in [2.75, 3.05) is 19.6 Å². The van der Waals surface area contributed by atoms with E-state index in [1.165, 1.54) is 37.3 Å². The molecule has 3 aliphatic rings. The molecular weight excluding hydrogens is 324 g/mol. The van der Waals surface area contributed by atoms with Crippen LogP contribution in [0.2, 0.25) is 0 Å². The van der Waals surface area contributed by atoms with Crippen molar-refractivity contribution >= 4 is 17.2 Å². The average Bonchev–Trinajstić information content (AvgIpc) is 3.01. The van der Waals surface area contributed by atoms with Gasteiger partial charge in [-0.3, -0.25) is 4.79 Å². The standard InChI is InChI=1S/C17H20N4O2S/c1-11-19-20-17(24-11)23-14-4-2-13(3-5-14)16(22)18-15-10-21-8-6-12(15)7-9-21/h2-5,12,15H,6-10H2,1H3,(H,18,22). The van der Waals surface area contributed by atoms with E-state index in [2.05, 4.69) is 20.4 Å². The topological polar surface area (TPSA) is 67.3 Å². The second kappa shape index (κ2) is 6.49. The van der Waals surface area contributed by atoms with Crippen molar-refractivity contribution in [1.82, 2.24) is 20.4 Å². The first-order chi connectivity index (χ1) is 11.7. The second-order valence-corrected chi connectivity index (χ2v) is 7.58. The molecule has 3 aliphatic heterocycles. The first kappa shape index (κ1) is 15.5. The lowest BCUT2D eigenvalue weighted by Crippen LogP contribution is -2.57. The lowest BCUT2D eigenvalue weighted by molar-refractivity contribution is 0.0620. The summed E-state index contributed by atoms with van der Waals surface area (Å²) >= 11 is 1.39. The molecule has 3 fully saturated rings. The predicted molar refractivity (Wildman–Crippen MR) is 91.6 cm³/mol. The largest absolute Gasteiger partial charge is 0.430 e. The van der Waals surface area contributed by atoms with Crippen LogP contribution in [0.4, 0.5) is 0 Å². The quantitative estimate of drug-likeness (QED) is 0.923. The number of aryl methyl sites for hydroxylation is 1. The van der Waals surface area contributed by atoms with Gasteiger partial charge in [-0.2, -0.15) is 0 Å². The van der Waals surface area contributed by atoms with Gasteiger partial charge in [0, 0.05) is 18.2 Å². The van der Waals surface area contributed by atoms with Gasteiger partial charge in [0.25, 0.3) is 11.1 Å². The molecule has 2 aromatic rings. The number of fused-ring (bicyclic) bond motifs is 3. The molecule has 3 saturated heterocycles. The molecule has 7 heteroatoms. The minimum atomic E-state index is -0.00735. The third-order valence-electron chi connectivity index (χ3n) is 4.80. The Balaban J connectivity index is 1.38. The lowest BCUT2D eigenvalue weighted by atomic mass is 9.84. The predicted octanol–water partition coefficient (Wildman–Crippen LogP) is 2.46. The molecule has 4 heterocycles. The Morgan fingerprint density at radius 2 is 2.00 bits per heavy atom. The highest BCUT2D eigenvalue weighted by Crippen LogP contribution is 2.28. The van der Waals surface area contributed by atoms with Crippen molar-refractivity contribution in [1.29, 1.82) is 0 Å². The number of hydrogen-bond acceptors (Lipinski definition) is 6. The molecule has 1 unspecified atom stereocenters. The van der Waals surface area contributed by atoms with Gasteiger partial charge in [-0.1, -0.05) is 16.4 Å². The Bertz CT molecular complexity index is 722. The van der Waals surface area contributed by atoms with Gasteiger partial charge in [0.15, 0.2) is 0 Å². The van der Waals surface area contributed by atoms with Crippen LogP contribution in [0.15, 0.2) is 24.3 Å². The van der Waals surface area contributed by atoms with Crippen molar-refractivity contribution in [3.63, 3.8) is 0 Å². The van der Waals surface area contributed by atoms with Gasteiger partial charge in [-0.25, -0.2) is 0 Å². The molecule has 0 aliphatic carbocycles. The Kier molecular flexibility index (Phi) is 4.20. The Hall–Kier alpha value is -1.99. The Labute approximate surface area is 144 Å². The third-order valence-corrected chi connectivity index (χ3v) is 5.52. The van der Waals surface area contributed by atoms with Crippen LogP contribution in [0.25, 0.3) is 0 Å². The zero-order valence-electron chi connectivity index (χ0n) is 13.6. The van der Waals surface area contributed by atoms with E-state index in [1.807, 2.05) is 6.92 Å². The van der Waals surface area contributed by atoms with E-state index in [4.69, 9.17) is 4.74 Å². The third kappa shape index (κ3) is 3.27. The maximum Gasteiger partial charge on any atom is 0.299 e. The van der Waals surface area contributed by atoms with Crippen LogP contribution >= 0.6 is 11.3 Å². The summed E-state index contributed by atoms with van der Waals surface area (Å²) in [6, 6.07) is 7.45. The number of carbonyl (C=O) groups is 1. The number of nitrogens with zero attached hydrogens (tertiary/aromatic N) is 3. The van der Waals surface area contributed by atoms with E-state index >= 15 is 0 Å². The van der Waals surface area contributed by atoms with E-state index in [-0.39, 0.29) is 11.9 Å². The number of rotatable bonds is 4. The van der Waals surface area contributed by atoms with E-state index < -0.39 is 0 Å². The monoisotopic (exact) mass is 344 g/mol.